The molecule has 1 aromatic carbocycles. The Balaban J connectivity index is 0.00000341. The minimum atomic E-state index is -0.502. The fourth-order valence-electron chi connectivity index (χ4n) is 3.51. The predicted octanol–water partition coefficient (Wildman–Crippen LogP) is 3.53. The zero-order valence-electron chi connectivity index (χ0n) is 18.9. The van der Waals surface area contributed by atoms with Crippen molar-refractivity contribution in [2.24, 2.45) is 4.99 Å². The number of ether oxygens (including phenoxy) is 3. The monoisotopic (exact) mass is 546 g/mol. The third-order valence-corrected chi connectivity index (χ3v) is 4.80. The predicted molar refractivity (Wildman–Crippen MR) is 132 cm³/mol. The van der Waals surface area contributed by atoms with Gasteiger partial charge in [0.2, 0.25) is 0 Å². The standard InChI is InChI=1S/C22H34N4O4.HI/c1-5-23-20(26-11-10-17(15-26)25-21(27)30-22(2,3)4)24-14-16-8-6-9-18-19(16)29-13-7-12-28-18;/h6,8-9,17H,5,7,10-15H2,1-4H3,(H,23,24)(H,25,27);1H/t17-;/m1./s1. The summed E-state index contributed by atoms with van der Waals surface area (Å²) in [5.41, 5.74) is 0.505. The van der Waals surface area contributed by atoms with Crippen LogP contribution in [0.5, 0.6) is 11.5 Å². The molecule has 0 radical (unpaired) electrons. The molecule has 1 saturated heterocycles. The van der Waals surface area contributed by atoms with E-state index in [1.54, 1.807) is 0 Å². The number of guanidine groups is 1. The van der Waals surface area contributed by atoms with E-state index in [-0.39, 0.29) is 36.1 Å². The van der Waals surface area contributed by atoms with Crippen LogP contribution in [0.2, 0.25) is 0 Å². The first-order chi connectivity index (χ1) is 14.4. The molecule has 3 rings (SSSR count). The minimum absolute atomic E-state index is 0. The number of rotatable bonds is 4. The highest BCUT2D eigenvalue weighted by Crippen LogP contribution is 2.33. The SMILES string of the molecule is CCNC(=NCc1cccc2c1OCCCO2)N1CC[C@@H](NC(=O)OC(C)(C)C)C1.I. The van der Waals surface area contributed by atoms with Crippen molar-refractivity contribution in [3.05, 3.63) is 23.8 Å². The second-order valence-electron chi connectivity index (χ2n) is 8.54. The summed E-state index contributed by atoms with van der Waals surface area (Å²) < 4.78 is 17.1. The Morgan fingerprint density at radius 2 is 2.06 bits per heavy atom. The zero-order valence-corrected chi connectivity index (χ0v) is 21.2. The van der Waals surface area contributed by atoms with E-state index in [2.05, 4.69) is 15.5 Å². The van der Waals surface area contributed by atoms with Gasteiger partial charge in [0.1, 0.15) is 5.60 Å². The molecule has 0 saturated carbocycles. The lowest BCUT2D eigenvalue weighted by atomic mass is 10.2. The molecular weight excluding hydrogens is 511 g/mol. The van der Waals surface area contributed by atoms with Gasteiger partial charge in [-0.1, -0.05) is 12.1 Å². The number of carbonyl (C=O) groups is 1. The smallest absolute Gasteiger partial charge is 0.407 e. The van der Waals surface area contributed by atoms with E-state index in [0.29, 0.717) is 26.3 Å². The highest BCUT2D eigenvalue weighted by atomic mass is 127. The first-order valence-corrected chi connectivity index (χ1v) is 10.8. The van der Waals surface area contributed by atoms with E-state index in [1.807, 2.05) is 45.9 Å². The van der Waals surface area contributed by atoms with E-state index in [0.717, 1.165) is 49.0 Å². The molecule has 2 N–H and O–H groups in total. The van der Waals surface area contributed by atoms with Crippen LogP contribution in [0.25, 0.3) is 0 Å². The van der Waals surface area contributed by atoms with Crippen molar-refractivity contribution in [1.29, 1.82) is 0 Å². The molecule has 8 nitrogen and oxygen atoms in total. The fourth-order valence-corrected chi connectivity index (χ4v) is 3.51. The lowest BCUT2D eigenvalue weighted by molar-refractivity contribution is 0.0507. The third-order valence-electron chi connectivity index (χ3n) is 4.80. The molecule has 1 amide bonds. The van der Waals surface area contributed by atoms with E-state index in [4.69, 9.17) is 19.2 Å². The Morgan fingerprint density at radius 1 is 1.29 bits per heavy atom. The lowest BCUT2D eigenvalue weighted by Crippen LogP contribution is -2.44. The number of aliphatic imine (C=N–C) groups is 1. The first kappa shape index (κ1) is 25.4. The van der Waals surface area contributed by atoms with Crippen molar-refractivity contribution in [2.75, 3.05) is 32.8 Å². The van der Waals surface area contributed by atoms with Crippen molar-refractivity contribution in [1.82, 2.24) is 15.5 Å². The Kier molecular flexibility index (Phi) is 9.52. The van der Waals surface area contributed by atoms with Gasteiger partial charge < -0.3 is 29.7 Å². The first-order valence-electron chi connectivity index (χ1n) is 10.8. The van der Waals surface area contributed by atoms with Crippen LogP contribution in [-0.4, -0.2) is 61.4 Å². The molecule has 174 valence electrons. The van der Waals surface area contributed by atoms with Crippen LogP contribution in [0.15, 0.2) is 23.2 Å². The third kappa shape index (κ3) is 7.62. The molecule has 31 heavy (non-hydrogen) atoms. The van der Waals surface area contributed by atoms with Crippen molar-refractivity contribution in [2.45, 2.75) is 58.7 Å². The van der Waals surface area contributed by atoms with E-state index in [9.17, 15) is 4.79 Å². The van der Waals surface area contributed by atoms with Gasteiger partial charge in [0.15, 0.2) is 17.5 Å². The molecular formula is C22H35IN4O4. The summed E-state index contributed by atoms with van der Waals surface area (Å²) >= 11 is 0. The maximum atomic E-state index is 12.1. The van der Waals surface area contributed by atoms with Crippen molar-refractivity contribution in [3.8, 4) is 11.5 Å². The van der Waals surface area contributed by atoms with E-state index >= 15 is 0 Å². The number of hydrogen-bond donors (Lipinski definition) is 2. The number of amides is 1. The van der Waals surface area contributed by atoms with E-state index < -0.39 is 5.60 Å². The Morgan fingerprint density at radius 3 is 2.81 bits per heavy atom. The van der Waals surface area contributed by atoms with Gasteiger partial charge in [-0.15, -0.1) is 24.0 Å². The van der Waals surface area contributed by atoms with Crippen LogP contribution >= 0.6 is 24.0 Å². The molecule has 0 spiro atoms. The molecule has 0 bridgehead atoms. The van der Waals surface area contributed by atoms with Gasteiger partial charge in [0.05, 0.1) is 25.8 Å². The number of likely N-dealkylation sites (tertiary alicyclic amines) is 1. The number of para-hydroxylation sites is 1. The molecule has 1 aromatic rings. The molecule has 0 aliphatic carbocycles. The molecule has 0 unspecified atom stereocenters. The quantitative estimate of drug-likeness (QED) is 0.342. The van der Waals surface area contributed by atoms with Gasteiger partial charge in [-0.2, -0.15) is 0 Å². The van der Waals surface area contributed by atoms with Crippen molar-refractivity contribution in [3.63, 3.8) is 0 Å². The Bertz CT molecular complexity index is 766. The summed E-state index contributed by atoms with van der Waals surface area (Å²) in [6, 6.07) is 5.97. The topological polar surface area (TPSA) is 84.4 Å². The fraction of sp³-hybridized carbons (Fsp3) is 0.636. The van der Waals surface area contributed by atoms with Gasteiger partial charge in [-0.25, -0.2) is 9.79 Å². The molecule has 9 heteroatoms. The summed E-state index contributed by atoms with van der Waals surface area (Å²) in [6.45, 7) is 11.7. The second kappa shape index (κ2) is 11.6. The molecule has 2 heterocycles. The highest BCUT2D eigenvalue weighted by molar-refractivity contribution is 14.0. The number of carbonyl (C=O) groups excluding carboxylic acids is 1. The highest BCUT2D eigenvalue weighted by Gasteiger charge is 2.28. The van der Waals surface area contributed by atoms with Crippen LogP contribution in [-0.2, 0) is 11.3 Å². The number of alkyl carbamates (subject to hydrolysis) is 1. The number of benzene rings is 1. The van der Waals surface area contributed by atoms with Gasteiger partial charge in [-0.3, -0.25) is 0 Å². The normalized spacial score (nSPS) is 18.6. The molecule has 2 aliphatic rings. The van der Waals surface area contributed by atoms with Crippen LogP contribution in [0.4, 0.5) is 4.79 Å². The van der Waals surface area contributed by atoms with Gasteiger partial charge >= 0.3 is 6.09 Å². The molecule has 1 fully saturated rings. The Hall–Kier alpha value is -1.91. The maximum absolute atomic E-state index is 12.1. The molecule has 0 aromatic heterocycles. The van der Waals surface area contributed by atoms with Crippen LogP contribution in [0.1, 0.15) is 46.1 Å². The summed E-state index contributed by atoms with van der Waals surface area (Å²) in [7, 11) is 0. The van der Waals surface area contributed by atoms with Crippen LogP contribution < -0.4 is 20.1 Å². The zero-order chi connectivity index (χ0) is 21.6. The molecule has 2 aliphatic heterocycles. The second-order valence-corrected chi connectivity index (χ2v) is 8.54. The van der Waals surface area contributed by atoms with E-state index in [1.165, 1.54) is 0 Å². The van der Waals surface area contributed by atoms with Crippen molar-refractivity contribution < 1.29 is 19.0 Å². The Labute approximate surface area is 202 Å². The van der Waals surface area contributed by atoms with Crippen molar-refractivity contribution >= 4 is 36.0 Å². The average Bonchev–Trinajstić information content (AvgIpc) is 2.98. The number of nitrogens with one attached hydrogen (secondary N) is 2. The summed E-state index contributed by atoms with van der Waals surface area (Å²) in [6.07, 6.45) is 1.35. The number of fused-ring (bicyclic) bond motifs is 1. The number of halogens is 1. The number of hydrogen-bond acceptors (Lipinski definition) is 5. The summed E-state index contributed by atoms with van der Waals surface area (Å²) in [4.78, 5) is 19.1. The minimum Gasteiger partial charge on any atom is -0.490 e. The van der Waals surface area contributed by atoms with Crippen LogP contribution in [0, 0.1) is 0 Å². The van der Waals surface area contributed by atoms with Gasteiger partial charge in [0.25, 0.3) is 0 Å². The maximum Gasteiger partial charge on any atom is 0.407 e. The summed E-state index contributed by atoms with van der Waals surface area (Å²) in [5, 5.41) is 6.32. The number of nitrogens with zero attached hydrogens (tertiary/aromatic N) is 2. The average molecular weight is 546 g/mol. The molecule has 1 atom stereocenters. The summed E-state index contributed by atoms with van der Waals surface area (Å²) in [5.74, 6) is 2.41. The largest absolute Gasteiger partial charge is 0.490 e. The van der Waals surface area contributed by atoms with Crippen LogP contribution in [0.3, 0.4) is 0 Å². The lowest BCUT2D eigenvalue weighted by Gasteiger charge is -2.23. The van der Waals surface area contributed by atoms with Gasteiger partial charge in [-0.05, 0) is 40.2 Å². The van der Waals surface area contributed by atoms with Gasteiger partial charge in [0, 0.05) is 31.6 Å².